The Labute approximate surface area is 144 Å². The van der Waals surface area contributed by atoms with E-state index in [-0.39, 0.29) is 6.42 Å². The zero-order valence-electron chi connectivity index (χ0n) is 12.5. The molecular weight excluding hydrogens is 385 g/mol. The van der Waals surface area contributed by atoms with E-state index in [9.17, 15) is 13.2 Å². The summed E-state index contributed by atoms with van der Waals surface area (Å²) in [4.78, 5) is 4.27. The van der Waals surface area contributed by atoms with Crippen molar-refractivity contribution in [1.82, 2.24) is 14.6 Å². The molecule has 0 aliphatic carbocycles. The van der Waals surface area contributed by atoms with Gasteiger partial charge in [0.2, 0.25) is 0 Å². The number of anilines is 1. The van der Waals surface area contributed by atoms with Crippen molar-refractivity contribution in [3.63, 3.8) is 0 Å². The molecule has 8 heteroatoms. The fourth-order valence-electron chi connectivity index (χ4n) is 2.49. The number of hydrogen-bond donors (Lipinski definition) is 1. The fourth-order valence-corrected chi connectivity index (χ4v) is 2.96. The van der Waals surface area contributed by atoms with Crippen LogP contribution >= 0.6 is 15.9 Å². The topological polar surface area (TPSA) is 42.2 Å². The lowest BCUT2D eigenvalue weighted by Crippen LogP contribution is -2.17. The Balaban J connectivity index is 1.92. The molecule has 2 heterocycles. The van der Waals surface area contributed by atoms with Crippen LogP contribution < -0.4 is 5.32 Å². The van der Waals surface area contributed by atoms with Crippen LogP contribution in [0.25, 0.3) is 5.52 Å². The highest BCUT2D eigenvalue weighted by molar-refractivity contribution is 9.10. The van der Waals surface area contributed by atoms with E-state index in [1.807, 2.05) is 6.07 Å². The number of benzene rings is 1. The van der Waals surface area contributed by atoms with Crippen LogP contribution in [0.4, 0.5) is 19.0 Å². The van der Waals surface area contributed by atoms with Crippen molar-refractivity contribution in [2.45, 2.75) is 25.1 Å². The first-order valence-electron chi connectivity index (χ1n) is 7.30. The predicted octanol–water partition coefficient (Wildman–Crippen LogP) is 4.99. The maximum absolute atomic E-state index is 12.7. The summed E-state index contributed by atoms with van der Waals surface area (Å²) in [6.07, 6.45) is -0.301. The SMILES string of the molecule is FC(F)(F)CCC(Nc1nccn2ncc(Br)c12)c1ccccc1. The van der Waals surface area contributed by atoms with Crippen molar-refractivity contribution in [2.75, 3.05) is 5.32 Å². The van der Waals surface area contributed by atoms with Crippen LogP contribution in [0.3, 0.4) is 0 Å². The summed E-state index contributed by atoms with van der Waals surface area (Å²) >= 11 is 3.39. The second-order valence-electron chi connectivity index (χ2n) is 5.32. The Hall–Kier alpha value is -2.09. The smallest absolute Gasteiger partial charge is 0.361 e. The summed E-state index contributed by atoms with van der Waals surface area (Å²) in [5, 5.41) is 7.29. The fraction of sp³-hybridized carbons (Fsp3) is 0.250. The second-order valence-corrected chi connectivity index (χ2v) is 6.18. The third-order valence-corrected chi connectivity index (χ3v) is 4.20. The first-order valence-corrected chi connectivity index (χ1v) is 8.09. The molecule has 1 atom stereocenters. The van der Waals surface area contributed by atoms with Crippen molar-refractivity contribution in [3.05, 3.63) is 59.0 Å². The molecule has 0 fully saturated rings. The van der Waals surface area contributed by atoms with Gasteiger partial charge < -0.3 is 5.32 Å². The molecule has 0 saturated carbocycles. The van der Waals surface area contributed by atoms with E-state index in [1.54, 1.807) is 47.4 Å². The first-order chi connectivity index (χ1) is 11.4. The van der Waals surface area contributed by atoms with Gasteiger partial charge in [-0.1, -0.05) is 30.3 Å². The van der Waals surface area contributed by atoms with Gasteiger partial charge in [-0.05, 0) is 27.9 Å². The number of rotatable bonds is 5. The van der Waals surface area contributed by atoms with Gasteiger partial charge in [-0.25, -0.2) is 9.50 Å². The quantitative estimate of drug-likeness (QED) is 0.658. The Morgan fingerprint density at radius 2 is 1.96 bits per heavy atom. The zero-order valence-corrected chi connectivity index (χ0v) is 14.0. The Bertz CT molecular complexity index is 817. The summed E-state index contributed by atoms with van der Waals surface area (Å²) in [6, 6.07) is 8.55. The van der Waals surface area contributed by atoms with E-state index in [1.165, 1.54) is 0 Å². The van der Waals surface area contributed by atoms with Crippen LogP contribution in [0.1, 0.15) is 24.4 Å². The van der Waals surface area contributed by atoms with Crippen LogP contribution in [0.5, 0.6) is 0 Å². The molecule has 1 aromatic carbocycles. The number of nitrogens with zero attached hydrogens (tertiary/aromatic N) is 3. The second kappa shape index (κ2) is 6.80. The largest absolute Gasteiger partial charge is 0.389 e. The molecule has 1 unspecified atom stereocenters. The minimum atomic E-state index is -4.20. The summed E-state index contributed by atoms with van der Waals surface area (Å²) in [5.41, 5.74) is 1.46. The summed E-state index contributed by atoms with van der Waals surface area (Å²) in [6.45, 7) is 0. The van der Waals surface area contributed by atoms with Crippen LogP contribution in [0.2, 0.25) is 0 Å². The third kappa shape index (κ3) is 3.87. The number of halogens is 4. The molecule has 0 aliphatic heterocycles. The van der Waals surface area contributed by atoms with Crippen LogP contribution in [0, 0.1) is 0 Å². The Morgan fingerprint density at radius 1 is 1.21 bits per heavy atom. The van der Waals surface area contributed by atoms with E-state index in [0.717, 1.165) is 10.0 Å². The van der Waals surface area contributed by atoms with Gasteiger partial charge in [0.1, 0.15) is 5.52 Å². The van der Waals surface area contributed by atoms with Gasteiger partial charge in [0, 0.05) is 18.8 Å². The average molecular weight is 399 g/mol. The van der Waals surface area contributed by atoms with E-state index in [4.69, 9.17) is 0 Å². The first kappa shape index (κ1) is 16.8. The number of hydrogen-bond acceptors (Lipinski definition) is 3. The van der Waals surface area contributed by atoms with Crippen molar-refractivity contribution in [3.8, 4) is 0 Å². The molecule has 0 bridgehead atoms. The lowest BCUT2D eigenvalue weighted by molar-refractivity contribution is -0.136. The lowest BCUT2D eigenvalue weighted by atomic mass is 10.0. The summed E-state index contributed by atoms with van der Waals surface area (Å²) < 4.78 is 40.4. The molecule has 1 N–H and O–H groups in total. The van der Waals surface area contributed by atoms with E-state index < -0.39 is 18.6 Å². The third-order valence-electron chi connectivity index (χ3n) is 3.62. The summed E-state index contributed by atoms with van der Waals surface area (Å²) in [5.74, 6) is 0.484. The van der Waals surface area contributed by atoms with Gasteiger partial charge in [0.05, 0.1) is 16.7 Å². The van der Waals surface area contributed by atoms with Gasteiger partial charge in [0.15, 0.2) is 5.82 Å². The van der Waals surface area contributed by atoms with Crippen molar-refractivity contribution >= 4 is 27.3 Å². The minimum absolute atomic E-state index is 0.0813. The predicted molar refractivity (Wildman–Crippen MR) is 88.8 cm³/mol. The highest BCUT2D eigenvalue weighted by atomic mass is 79.9. The minimum Gasteiger partial charge on any atom is -0.361 e. The average Bonchev–Trinajstić information content (AvgIpc) is 2.94. The zero-order chi connectivity index (χ0) is 17.2. The summed E-state index contributed by atoms with van der Waals surface area (Å²) in [7, 11) is 0. The van der Waals surface area contributed by atoms with Crippen molar-refractivity contribution in [1.29, 1.82) is 0 Å². The molecule has 3 aromatic rings. The lowest BCUT2D eigenvalue weighted by Gasteiger charge is -2.21. The molecule has 3 rings (SSSR count). The number of aromatic nitrogens is 3. The van der Waals surface area contributed by atoms with Gasteiger partial charge >= 0.3 is 6.18 Å². The Morgan fingerprint density at radius 3 is 2.67 bits per heavy atom. The molecule has 0 aliphatic rings. The number of alkyl halides is 3. The van der Waals surface area contributed by atoms with Gasteiger partial charge in [-0.3, -0.25) is 0 Å². The Kier molecular flexibility index (Phi) is 4.75. The van der Waals surface area contributed by atoms with Crippen molar-refractivity contribution in [2.24, 2.45) is 0 Å². The number of fused-ring (bicyclic) bond motifs is 1. The molecule has 0 spiro atoms. The maximum atomic E-state index is 12.7. The van der Waals surface area contributed by atoms with E-state index in [2.05, 4.69) is 31.3 Å². The van der Waals surface area contributed by atoms with E-state index >= 15 is 0 Å². The molecule has 2 aromatic heterocycles. The highest BCUT2D eigenvalue weighted by Crippen LogP contribution is 2.32. The monoisotopic (exact) mass is 398 g/mol. The molecular formula is C16H14BrF3N4. The van der Waals surface area contributed by atoms with Gasteiger partial charge in [-0.15, -0.1) is 0 Å². The number of nitrogens with one attached hydrogen (secondary N) is 1. The molecule has 0 radical (unpaired) electrons. The molecule has 0 amide bonds. The maximum Gasteiger partial charge on any atom is 0.389 e. The standard InChI is InChI=1S/C16H14BrF3N4/c17-12-10-22-24-9-8-21-15(14(12)24)23-13(6-7-16(18,19)20)11-4-2-1-3-5-11/h1-5,8-10,13H,6-7H2,(H,21,23). The normalized spacial score (nSPS) is 13.2. The molecule has 24 heavy (non-hydrogen) atoms. The van der Waals surface area contributed by atoms with Crippen LogP contribution in [0.15, 0.2) is 53.4 Å². The van der Waals surface area contributed by atoms with Crippen LogP contribution in [-0.2, 0) is 0 Å². The molecule has 0 saturated heterocycles. The van der Waals surface area contributed by atoms with Gasteiger partial charge in [-0.2, -0.15) is 18.3 Å². The molecule has 126 valence electrons. The molecule has 4 nitrogen and oxygen atoms in total. The van der Waals surface area contributed by atoms with Crippen LogP contribution in [-0.4, -0.2) is 20.8 Å². The highest BCUT2D eigenvalue weighted by Gasteiger charge is 2.29. The van der Waals surface area contributed by atoms with E-state index in [0.29, 0.717) is 11.3 Å². The van der Waals surface area contributed by atoms with Gasteiger partial charge in [0.25, 0.3) is 0 Å². The van der Waals surface area contributed by atoms with Crippen molar-refractivity contribution < 1.29 is 13.2 Å².